The van der Waals surface area contributed by atoms with E-state index in [-0.39, 0.29) is 11.8 Å². The van der Waals surface area contributed by atoms with Crippen LogP contribution in [0.1, 0.15) is 17.4 Å². The molecule has 0 radical (unpaired) electrons. The molecule has 0 aliphatic carbocycles. The van der Waals surface area contributed by atoms with Crippen molar-refractivity contribution in [1.82, 2.24) is 10.3 Å². The van der Waals surface area contributed by atoms with Crippen molar-refractivity contribution in [3.05, 3.63) is 24.0 Å². The first-order valence-corrected chi connectivity index (χ1v) is 5.83. The van der Waals surface area contributed by atoms with E-state index in [4.69, 9.17) is 5.11 Å². The van der Waals surface area contributed by atoms with Gasteiger partial charge in [-0.3, -0.25) is 14.6 Å². The average molecular weight is 249 g/mol. The van der Waals surface area contributed by atoms with Gasteiger partial charge in [0.15, 0.2) is 0 Å². The largest absolute Gasteiger partial charge is 0.481 e. The molecule has 6 nitrogen and oxygen atoms in total. The van der Waals surface area contributed by atoms with Gasteiger partial charge in [0.25, 0.3) is 5.91 Å². The van der Waals surface area contributed by atoms with Crippen molar-refractivity contribution in [1.29, 1.82) is 0 Å². The van der Waals surface area contributed by atoms with Gasteiger partial charge in [0, 0.05) is 31.5 Å². The highest BCUT2D eigenvalue weighted by Crippen LogP contribution is 2.24. The minimum Gasteiger partial charge on any atom is -0.481 e. The van der Waals surface area contributed by atoms with Crippen LogP contribution in [0.2, 0.25) is 0 Å². The summed E-state index contributed by atoms with van der Waals surface area (Å²) in [5, 5.41) is 11.5. The Labute approximate surface area is 105 Å². The molecule has 6 heteroatoms. The van der Waals surface area contributed by atoms with Gasteiger partial charge in [-0.15, -0.1) is 0 Å². The lowest BCUT2D eigenvalue weighted by atomic mass is 10.00. The molecule has 96 valence electrons. The van der Waals surface area contributed by atoms with Gasteiger partial charge in [-0.25, -0.2) is 0 Å². The number of aromatic nitrogens is 1. The molecule has 1 fully saturated rings. The van der Waals surface area contributed by atoms with Gasteiger partial charge < -0.3 is 15.3 Å². The number of carboxylic acid groups (broad SMARTS) is 1. The van der Waals surface area contributed by atoms with Crippen molar-refractivity contribution in [3.63, 3.8) is 0 Å². The quantitative estimate of drug-likeness (QED) is 0.804. The number of nitrogens with zero attached hydrogens (tertiary/aromatic N) is 2. The first-order chi connectivity index (χ1) is 8.61. The molecule has 2 heterocycles. The number of anilines is 1. The highest BCUT2D eigenvalue weighted by Gasteiger charge is 2.32. The Balaban J connectivity index is 2.05. The van der Waals surface area contributed by atoms with E-state index in [1.54, 1.807) is 18.3 Å². The zero-order chi connectivity index (χ0) is 13.1. The number of amides is 1. The van der Waals surface area contributed by atoms with Gasteiger partial charge in [0.05, 0.1) is 5.92 Å². The van der Waals surface area contributed by atoms with Gasteiger partial charge in [0.2, 0.25) is 0 Å². The minimum atomic E-state index is -0.774. The summed E-state index contributed by atoms with van der Waals surface area (Å²) < 4.78 is 0. The summed E-state index contributed by atoms with van der Waals surface area (Å²) in [6, 6.07) is 3.46. The third kappa shape index (κ3) is 2.42. The molecular weight excluding hydrogens is 234 g/mol. The summed E-state index contributed by atoms with van der Waals surface area (Å²) in [6.07, 6.45) is 1.56. The number of pyridine rings is 1. The number of rotatable bonds is 4. The molecule has 1 aromatic heterocycles. The van der Waals surface area contributed by atoms with Crippen molar-refractivity contribution in [2.45, 2.75) is 6.92 Å². The maximum Gasteiger partial charge on any atom is 0.310 e. The van der Waals surface area contributed by atoms with E-state index >= 15 is 0 Å². The summed E-state index contributed by atoms with van der Waals surface area (Å²) in [5.74, 6) is -1.30. The highest BCUT2D eigenvalue weighted by atomic mass is 16.4. The molecule has 1 aliphatic heterocycles. The lowest BCUT2D eigenvalue weighted by Gasteiger charge is -2.38. The number of carboxylic acids is 1. The van der Waals surface area contributed by atoms with Crippen LogP contribution in [-0.2, 0) is 4.79 Å². The molecule has 1 saturated heterocycles. The number of hydrogen-bond donors (Lipinski definition) is 2. The normalized spacial score (nSPS) is 15.1. The molecule has 0 spiro atoms. The summed E-state index contributed by atoms with van der Waals surface area (Å²) in [4.78, 5) is 28.2. The second-order valence-electron chi connectivity index (χ2n) is 4.20. The molecule has 1 aromatic rings. The Kier molecular flexibility index (Phi) is 3.45. The number of carbonyl (C=O) groups is 2. The Bertz CT molecular complexity index is 469. The van der Waals surface area contributed by atoms with E-state index in [9.17, 15) is 9.59 Å². The zero-order valence-electron chi connectivity index (χ0n) is 10.1. The van der Waals surface area contributed by atoms with Crippen LogP contribution in [0, 0.1) is 5.92 Å². The molecular formula is C12H15N3O3. The van der Waals surface area contributed by atoms with E-state index in [0.717, 1.165) is 5.69 Å². The molecule has 0 bridgehead atoms. The molecule has 18 heavy (non-hydrogen) atoms. The predicted octanol–water partition coefficient (Wildman–Crippen LogP) is 0.352. The summed E-state index contributed by atoms with van der Waals surface area (Å²) >= 11 is 0. The maximum atomic E-state index is 11.6. The molecule has 0 atom stereocenters. The second kappa shape index (κ2) is 5.03. The summed E-state index contributed by atoms with van der Waals surface area (Å²) in [6.45, 7) is 3.35. The van der Waals surface area contributed by atoms with Gasteiger partial charge in [0.1, 0.15) is 5.69 Å². The third-order valence-electron chi connectivity index (χ3n) is 2.91. The first-order valence-electron chi connectivity index (χ1n) is 5.83. The maximum absolute atomic E-state index is 11.6. The zero-order valence-corrected chi connectivity index (χ0v) is 10.1. The van der Waals surface area contributed by atoms with Crippen molar-refractivity contribution >= 4 is 17.6 Å². The molecule has 2 rings (SSSR count). The molecule has 2 N–H and O–H groups in total. The van der Waals surface area contributed by atoms with E-state index in [0.29, 0.717) is 25.3 Å². The Morgan fingerprint density at radius 3 is 2.89 bits per heavy atom. The Hall–Kier alpha value is -2.11. The van der Waals surface area contributed by atoms with Crippen LogP contribution >= 0.6 is 0 Å². The second-order valence-corrected chi connectivity index (χ2v) is 4.20. The van der Waals surface area contributed by atoms with Crippen LogP contribution < -0.4 is 10.2 Å². The van der Waals surface area contributed by atoms with Crippen LogP contribution in [0.25, 0.3) is 0 Å². The summed E-state index contributed by atoms with van der Waals surface area (Å²) in [5.41, 5.74) is 1.19. The van der Waals surface area contributed by atoms with E-state index in [1.165, 1.54) is 0 Å². The van der Waals surface area contributed by atoms with Gasteiger partial charge >= 0.3 is 5.97 Å². The Morgan fingerprint density at radius 1 is 1.56 bits per heavy atom. The predicted molar refractivity (Wildman–Crippen MR) is 65.6 cm³/mol. The Morgan fingerprint density at radius 2 is 2.28 bits per heavy atom. The topological polar surface area (TPSA) is 82.5 Å². The molecule has 1 aliphatic rings. The standard InChI is InChI=1S/C12H15N3O3/c1-2-13-11(16)10-5-9(3-4-14-10)15-6-8(7-15)12(17)18/h3-5,8H,2,6-7H2,1H3,(H,13,16)(H,17,18). The van der Waals surface area contributed by atoms with Crippen LogP contribution in [0.4, 0.5) is 5.69 Å². The smallest absolute Gasteiger partial charge is 0.310 e. The van der Waals surface area contributed by atoms with Crippen LogP contribution in [0.5, 0.6) is 0 Å². The third-order valence-corrected chi connectivity index (χ3v) is 2.91. The number of aliphatic carboxylic acids is 1. The molecule has 0 aromatic carbocycles. The van der Waals surface area contributed by atoms with Crippen LogP contribution in [0.3, 0.4) is 0 Å². The van der Waals surface area contributed by atoms with E-state index in [1.807, 2.05) is 11.8 Å². The number of nitrogens with one attached hydrogen (secondary N) is 1. The van der Waals surface area contributed by atoms with Gasteiger partial charge in [-0.2, -0.15) is 0 Å². The fourth-order valence-corrected chi connectivity index (χ4v) is 1.84. The van der Waals surface area contributed by atoms with Gasteiger partial charge in [-0.05, 0) is 19.1 Å². The molecule has 0 unspecified atom stereocenters. The van der Waals surface area contributed by atoms with Crippen molar-refractivity contribution in [3.8, 4) is 0 Å². The van der Waals surface area contributed by atoms with E-state index in [2.05, 4.69) is 10.3 Å². The monoisotopic (exact) mass is 249 g/mol. The van der Waals surface area contributed by atoms with Crippen LogP contribution in [0.15, 0.2) is 18.3 Å². The first kappa shape index (κ1) is 12.3. The lowest BCUT2D eigenvalue weighted by Crippen LogP contribution is -2.50. The van der Waals surface area contributed by atoms with Crippen molar-refractivity contribution in [2.75, 3.05) is 24.5 Å². The van der Waals surface area contributed by atoms with Crippen molar-refractivity contribution in [2.24, 2.45) is 5.92 Å². The average Bonchev–Trinajstić information content (AvgIpc) is 2.27. The fraction of sp³-hybridized carbons (Fsp3) is 0.417. The van der Waals surface area contributed by atoms with Gasteiger partial charge in [-0.1, -0.05) is 0 Å². The number of hydrogen-bond acceptors (Lipinski definition) is 4. The molecule has 0 saturated carbocycles. The van der Waals surface area contributed by atoms with Crippen LogP contribution in [-0.4, -0.2) is 41.6 Å². The van der Waals surface area contributed by atoms with E-state index < -0.39 is 5.97 Å². The highest BCUT2D eigenvalue weighted by molar-refractivity contribution is 5.93. The fourth-order valence-electron chi connectivity index (χ4n) is 1.84. The minimum absolute atomic E-state index is 0.213. The number of carbonyl (C=O) groups excluding carboxylic acids is 1. The summed E-state index contributed by atoms with van der Waals surface area (Å²) in [7, 11) is 0. The van der Waals surface area contributed by atoms with Crippen molar-refractivity contribution < 1.29 is 14.7 Å². The molecule has 1 amide bonds. The SMILES string of the molecule is CCNC(=O)c1cc(N2CC(C(=O)O)C2)ccn1. The lowest BCUT2D eigenvalue weighted by molar-refractivity contribution is -0.142.